The van der Waals surface area contributed by atoms with E-state index < -0.39 is 13.2 Å². The maximum absolute atomic E-state index is 12.6. The number of benzene rings is 1. The molecule has 3 N–H and O–H groups in total. The average molecular weight is 217 g/mol. The second-order valence-electron chi connectivity index (χ2n) is 3.07. The Morgan fingerprint density at radius 3 is 2.43 bits per heavy atom. The molecule has 2 unspecified atom stereocenters. The van der Waals surface area contributed by atoms with E-state index in [1.165, 1.54) is 24.3 Å². The van der Waals surface area contributed by atoms with Crippen LogP contribution in [0.5, 0.6) is 0 Å². The Bertz CT molecular complexity index is 352. The maximum Gasteiger partial charge on any atom is 0.220 e. The van der Waals surface area contributed by atoms with Gasteiger partial charge in [0.2, 0.25) is 7.37 Å². The fourth-order valence-corrected chi connectivity index (χ4v) is 2.12. The number of nitrogens with two attached hydrogens (primary N) is 1. The van der Waals surface area contributed by atoms with Crippen LogP contribution in [0.3, 0.4) is 0 Å². The van der Waals surface area contributed by atoms with Crippen LogP contribution >= 0.6 is 7.37 Å². The monoisotopic (exact) mass is 217 g/mol. The van der Waals surface area contributed by atoms with Crippen molar-refractivity contribution in [3.63, 3.8) is 0 Å². The van der Waals surface area contributed by atoms with E-state index in [4.69, 9.17) is 5.73 Å². The summed E-state index contributed by atoms with van der Waals surface area (Å²) < 4.78 is 24.1. The quantitative estimate of drug-likeness (QED) is 0.762. The van der Waals surface area contributed by atoms with Crippen molar-refractivity contribution in [3.05, 3.63) is 35.6 Å². The molecule has 0 heterocycles. The normalized spacial score (nSPS) is 17.4. The molecular weight excluding hydrogens is 204 g/mol. The maximum atomic E-state index is 12.6. The van der Waals surface area contributed by atoms with Gasteiger partial charge in [-0.1, -0.05) is 19.1 Å². The molecule has 1 aromatic rings. The highest BCUT2D eigenvalue weighted by Crippen LogP contribution is 2.51. The SMILES string of the molecule is CCP(=O)(O)C(N)c1ccc(F)cc1. The van der Waals surface area contributed by atoms with Crippen molar-refractivity contribution in [2.24, 2.45) is 5.73 Å². The van der Waals surface area contributed by atoms with E-state index in [-0.39, 0.29) is 12.0 Å². The van der Waals surface area contributed by atoms with E-state index >= 15 is 0 Å². The summed E-state index contributed by atoms with van der Waals surface area (Å²) >= 11 is 0. The Morgan fingerprint density at radius 2 is 2.00 bits per heavy atom. The van der Waals surface area contributed by atoms with Crippen molar-refractivity contribution < 1.29 is 13.8 Å². The number of hydrogen-bond donors (Lipinski definition) is 2. The van der Waals surface area contributed by atoms with Gasteiger partial charge in [0.05, 0.1) is 0 Å². The Morgan fingerprint density at radius 1 is 1.50 bits per heavy atom. The van der Waals surface area contributed by atoms with Crippen LogP contribution in [0, 0.1) is 5.82 Å². The van der Waals surface area contributed by atoms with Crippen molar-refractivity contribution in [1.29, 1.82) is 0 Å². The molecule has 0 bridgehead atoms. The molecule has 5 heteroatoms. The van der Waals surface area contributed by atoms with Gasteiger partial charge in [0.1, 0.15) is 11.6 Å². The average Bonchev–Trinajstić information content (AvgIpc) is 2.18. The first kappa shape index (κ1) is 11.4. The smallest absolute Gasteiger partial charge is 0.220 e. The molecule has 0 fully saturated rings. The molecule has 1 aromatic carbocycles. The fourth-order valence-electron chi connectivity index (χ4n) is 1.09. The van der Waals surface area contributed by atoms with E-state index in [2.05, 4.69) is 0 Å². The van der Waals surface area contributed by atoms with E-state index in [1.807, 2.05) is 0 Å². The zero-order chi connectivity index (χ0) is 10.8. The number of rotatable bonds is 3. The zero-order valence-corrected chi connectivity index (χ0v) is 8.75. The summed E-state index contributed by atoms with van der Waals surface area (Å²) in [5.41, 5.74) is 6.08. The lowest BCUT2D eigenvalue weighted by atomic mass is 10.2. The van der Waals surface area contributed by atoms with Crippen LogP contribution < -0.4 is 5.73 Å². The van der Waals surface area contributed by atoms with Gasteiger partial charge in [0.15, 0.2) is 0 Å². The second-order valence-corrected chi connectivity index (χ2v) is 5.77. The van der Waals surface area contributed by atoms with E-state index in [0.717, 1.165) is 0 Å². The van der Waals surface area contributed by atoms with E-state index in [1.54, 1.807) is 6.92 Å². The largest absolute Gasteiger partial charge is 0.343 e. The zero-order valence-electron chi connectivity index (χ0n) is 7.85. The van der Waals surface area contributed by atoms with Gasteiger partial charge in [-0.25, -0.2) is 4.39 Å². The molecule has 14 heavy (non-hydrogen) atoms. The number of hydrogen-bond acceptors (Lipinski definition) is 2. The molecule has 2 atom stereocenters. The van der Waals surface area contributed by atoms with Crippen LogP contribution in [0.25, 0.3) is 0 Å². The minimum Gasteiger partial charge on any atom is -0.343 e. The molecule has 3 nitrogen and oxygen atoms in total. The highest BCUT2D eigenvalue weighted by atomic mass is 31.2. The molecule has 0 aliphatic carbocycles. The van der Waals surface area contributed by atoms with Crippen molar-refractivity contribution in [3.8, 4) is 0 Å². The van der Waals surface area contributed by atoms with Crippen molar-refractivity contribution in [1.82, 2.24) is 0 Å². The van der Waals surface area contributed by atoms with E-state index in [0.29, 0.717) is 5.56 Å². The molecule has 0 aliphatic heterocycles. The lowest BCUT2D eigenvalue weighted by molar-refractivity contribution is 0.466. The van der Waals surface area contributed by atoms with Crippen molar-refractivity contribution in [2.75, 3.05) is 6.16 Å². The summed E-state index contributed by atoms with van der Waals surface area (Å²) in [5.74, 6) is -1.31. The molecule has 0 saturated carbocycles. The molecule has 0 aliphatic rings. The second kappa shape index (κ2) is 4.22. The van der Waals surface area contributed by atoms with Crippen LogP contribution in [-0.2, 0) is 4.57 Å². The van der Waals surface area contributed by atoms with Gasteiger partial charge in [0.25, 0.3) is 0 Å². The Labute approximate surface area is 82.2 Å². The van der Waals surface area contributed by atoms with Crippen LogP contribution in [-0.4, -0.2) is 11.1 Å². The van der Waals surface area contributed by atoms with E-state index in [9.17, 15) is 13.8 Å². The van der Waals surface area contributed by atoms with Crippen molar-refractivity contribution in [2.45, 2.75) is 12.7 Å². The predicted octanol–water partition coefficient (Wildman–Crippen LogP) is 2.07. The summed E-state index contributed by atoms with van der Waals surface area (Å²) in [4.78, 5) is 9.45. The summed E-state index contributed by atoms with van der Waals surface area (Å²) in [6.45, 7) is 1.60. The highest BCUT2D eigenvalue weighted by Gasteiger charge is 2.26. The molecule has 0 radical (unpaired) electrons. The van der Waals surface area contributed by atoms with Gasteiger partial charge in [-0.2, -0.15) is 0 Å². The topological polar surface area (TPSA) is 63.3 Å². The minimum atomic E-state index is -3.35. The predicted molar refractivity (Wildman–Crippen MR) is 53.7 cm³/mol. The third-order valence-electron chi connectivity index (χ3n) is 2.10. The lowest BCUT2D eigenvalue weighted by Crippen LogP contribution is -2.11. The Hall–Kier alpha value is -0.700. The van der Waals surface area contributed by atoms with Crippen LogP contribution in [0.2, 0.25) is 0 Å². The summed E-state index contributed by atoms with van der Waals surface area (Å²) in [7, 11) is -3.35. The Balaban J connectivity index is 2.95. The van der Waals surface area contributed by atoms with Gasteiger partial charge in [-0.15, -0.1) is 0 Å². The third kappa shape index (κ3) is 2.41. The number of halogens is 1. The molecule has 0 saturated heterocycles. The van der Waals surface area contributed by atoms with Gasteiger partial charge in [-0.3, -0.25) is 4.57 Å². The van der Waals surface area contributed by atoms with Crippen LogP contribution in [0.4, 0.5) is 4.39 Å². The summed E-state index contributed by atoms with van der Waals surface area (Å²) in [6.07, 6.45) is 0.117. The third-order valence-corrected chi connectivity index (χ3v) is 4.17. The van der Waals surface area contributed by atoms with Gasteiger partial charge in [0, 0.05) is 6.16 Å². The Kier molecular flexibility index (Phi) is 3.43. The molecule has 0 aromatic heterocycles. The van der Waals surface area contributed by atoms with Crippen molar-refractivity contribution >= 4 is 7.37 Å². The molecule has 78 valence electrons. The lowest BCUT2D eigenvalue weighted by Gasteiger charge is -2.17. The van der Waals surface area contributed by atoms with Gasteiger partial charge in [-0.05, 0) is 17.7 Å². The minimum absolute atomic E-state index is 0.117. The molecule has 0 amide bonds. The first-order valence-corrected chi connectivity index (χ1v) is 6.21. The highest BCUT2D eigenvalue weighted by molar-refractivity contribution is 7.58. The standard InChI is InChI=1S/C9H13FNO2P/c1-2-14(12,13)9(11)7-3-5-8(10)6-4-7/h3-6,9H,2,11H2,1H3,(H,12,13). The first-order valence-electron chi connectivity index (χ1n) is 4.30. The van der Waals surface area contributed by atoms with Crippen LogP contribution in [0.15, 0.2) is 24.3 Å². The summed E-state index contributed by atoms with van der Waals surface area (Å²) in [5, 5.41) is 0. The summed E-state index contributed by atoms with van der Waals surface area (Å²) in [6, 6.07) is 5.31. The fraction of sp³-hybridized carbons (Fsp3) is 0.333. The molecule has 1 rings (SSSR count). The molecular formula is C9H13FNO2P. The first-order chi connectivity index (χ1) is 6.47. The van der Waals surface area contributed by atoms with Gasteiger partial charge < -0.3 is 10.6 Å². The van der Waals surface area contributed by atoms with Gasteiger partial charge >= 0.3 is 0 Å². The molecule has 0 spiro atoms. The van der Waals surface area contributed by atoms with Crippen LogP contribution in [0.1, 0.15) is 18.3 Å².